The van der Waals surface area contributed by atoms with Crippen LogP contribution in [0.1, 0.15) is 22.1 Å². The van der Waals surface area contributed by atoms with Gasteiger partial charge >= 0.3 is 5.97 Å². The number of hydrogen-bond donors (Lipinski definition) is 0. The Labute approximate surface area is 183 Å². The van der Waals surface area contributed by atoms with Gasteiger partial charge in [-0.2, -0.15) is 0 Å². The number of nitrogens with zero attached hydrogens (tertiary/aromatic N) is 2. The van der Waals surface area contributed by atoms with Crippen molar-refractivity contribution in [2.75, 3.05) is 17.7 Å². The van der Waals surface area contributed by atoms with E-state index in [1.54, 1.807) is 24.3 Å². The number of aromatic nitrogens is 1. The van der Waals surface area contributed by atoms with Crippen molar-refractivity contribution in [3.05, 3.63) is 64.3 Å². The Bertz CT molecular complexity index is 1250. The molecule has 0 saturated carbocycles. The Hall–Kier alpha value is -2.55. The third-order valence-electron chi connectivity index (χ3n) is 4.57. The second-order valence-electron chi connectivity index (χ2n) is 6.59. The lowest BCUT2D eigenvalue weighted by Crippen LogP contribution is -2.45. The van der Waals surface area contributed by atoms with Crippen LogP contribution >= 0.6 is 23.2 Å². The summed E-state index contributed by atoms with van der Waals surface area (Å²) < 4.78 is 32.1. The average Bonchev–Trinajstić information content (AvgIpc) is 3.08. The van der Waals surface area contributed by atoms with Gasteiger partial charge in [-0.05, 0) is 31.2 Å². The lowest BCUT2D eigenvalue weighted by atomic mass is 10.2. The normalized spacial score (nSPS) is 12.6. The Balaban J connectivity index is 2.16. The molecule has 0 aliphatic rings. The van der Waals surface area contributed by atoms with Crippen molar-refractivity contribution in [3.8, 4) is 0 Å². The number of carbonyl (C=O) groups is 2. The molecular weight excluding hydrogens is 451 g/mol. The standard InChI is InChI=1S/C20H18Cl2N2O5S/c1-12(24(30(3,27)28)18-10-13(21)8-9-16(18)22)19(25)23-11-15(20(26)29-2)14-6-4-5-7-17(14)23/h4-12H,1-3H3/t12-/m1/s1. The Morgan fingerprint density at radius 2 is 1.80 bits per heavy atom. The largest absolute Gasteiger partial charge is 0.465 e. The maximum atomic E-state index is 13.4. The fourth-order valence-electron chi connectivity index (χ4n) is 3.27. The van der Waals surface area contributed by atoms with E-state index >= 15 is 0 Å². The van der Waals surface area contributed by atoms with E-state index in [0.717, 1.165) is 10.6 Å². The summed E-state index contributed by atoms with van der Waals surface area (Å²) in [5.74, 6) is -1.19. The highest BCUT2D eigenvalue weighted by molar-refractivity contribution is 7.92. The number of anilines is 1. The van der Waals surface area contributed by atoms with Crippen LogP contribution in [0.15, 0.2) is 48.7 Å². The molecule has 0 bridgehead atoms. The molecule has 7 nitrogen and oxygen atoms in total. The van der Waals surface area contributed by atoms with Gasteiger partial charge in [0.25, 0.3) is 5.91 Å². The van der Waals surface area contributed by atoms with Crippen LogP contribution in [0.5, 0.6) is 0 Å². The monoisotopic (exact) mass is 468 g/mol. The fourth-order valence-corrected chi connectivity index (χ4v) is 4.86. The highest BCUT2D eigenvalue weighted by atomic mass is 35.5. The molecule has 1 atom stereocenters. The van der Waals surface area contributed by atoms with Crippen LogP contribution in [-0.2, 0) is 14.8 Å². The summed E-state index contributed by atoms with van der Waals surface area (Å²) in [6, 6.07) is 9.93. The predicted octanol–water partition coefficient (Wildman–Crippen LogP) is 4.23. The third-order valence-corrected chi connectivity index (χ3v) is 6.35. The summed E-state index contributed by atoms with van der Waals surface area (Å²) in [5.41, 5.74) is 0.720. The minimum Gasteiger partial charge on any atom is -0.465 e. The summed E-state index contributed by atoms with van der Waals surface area (Å²) in [4.78, 5) is 25.5. The van der Waals surface area contributed by atoms with E-state index in [1.165, 1.54) is 43.0 Å². The minimum atomic E-state index is -3.91. The molecule has 0 amide bonds. The van der Waals surface area contributed by atoms with E-state index in [0.29, 0.717) is 10.9 Å². The first-order chi connectivity index (χ1) is 14.1. The molecule has 3 rings (SSSR count). The SMILES string of the molecule is COC(=O)c1cn(C(=O)[C@@H](C)N(c2cc(Cl)ccc2Cl)S(C)(=O)=O)c2ccccc12. The van der Waals surface area contributed by atoms with Gasteiger partial charge in [0.1, 0.15) is 6.04 Å². The molecule has 1 heterocycles. The van der Waals surface area contributed by atoms with Crippen LogP contribution in [0.4, 0.5) is 5.69 Å². The third kappa shape index (κ3) is 4.03. The van der Waals surface area contributed by atoms with Crippen molar-refractivity contribution < 1.29 is 22.7 Å². The van der Waals surface area contributed by atoms with Gasteiger partial charge in [0, 0.05) is 16.6 Å². The first kappa shape index (κ1) is 22.1. The maximum absolute atomic E-state index is 13.4. The average molecular weight is 469 g/mol. The molecule has 30 heavy (non-hydrogen) atoms. The number of halogens is 2. The van der Waals surface area contributed by atoms with Crippen LogP contribution in [0.2, 0.25) is 10.0 Å². The van der Waals surface area contributed by atoms with Crippen LogP contribution in [0.25, 0.3) is 10.9 Å². The number of hydrogen-bond acceptors (Lipinski definition) is 5. The summed E-state index contributed by atoms with van der Waals surface area (Å²) in [7, 11) is -2.67. The molecule has 158 valence electrons. The van der Waals surface area contributed by atoms with E-state index in [4.69, 9.17) is 27.9 Å². The van der Waals surface area contributed by atoms with E-state index in [9.17, 15) is 18.0 Å². The number of ether oxygens (including phenoxy) is 1. The molecular formula is C20H18Cl2N2O5S. The number of rotatable bonds is 5. The maximum Gasteiger partial charge on any atom is 0.340 e. The molecule has 0 unspecified atom stereocenters. The van der Waals surface area contributed by atoms with Gasteiger partial charge in [0.15, 0.2) is 0 Å². The zero-order valence-corrected chi connectivity index (χ0v) is 18.6. The minimum absolute atomic E-state index is 0.0807. The first-order valence-corrected chi connectivity index (χ1v) is 11.3. The summed E-state index contributed by atoms with van der Waals surface area (Å²) in [6.45, 7) is 1.44. The Kier molecular flexibility index (Phi) is 6.12. The molecule has 0 saturated heterocycles. The molecule has 0 aliphatic carbocycles. The van der Waals surface area contributed by atoms with E-state index in [-0.39, 0.29) is 21.3 Å². The number of sulfonamides is 1. The quantitative estimate of drug-likeness (QED) is 0.522. The van der Waals surface area contributed by atoms with Gasteiger partial charge in [-0.3, -0.25) is 13.7 Å². The summed E-state index contributed by atoms with van der Waals surface area (Å²) in [5, 5.41) is 0.899. The van der Waals surface area contributed by atoms with Crippen molar-refractivity contribution in [1.82, 2.24) is 4.57 Å². The number of para-hydroxylation sites is 1. The zero-order chi connectivity index (χ0) is 22.2. The molecule has 1 aromatic heterocycles. The lowest BCUT2D eigenvalue weighted by molar-refractivity contribution is 0.0603. The highest BCUT2D eigenvalue weighted by Crippen LogP contribution is 2.33. The van der Waals surface area contributed by atoms with Crippen LogP contribution in [0, 0.1) is 0 Å². The summed E-state index contributed by atoms with van der Waals surface area (Å²) in [6.07, 6.45) is 2.32. The Morgan fingerprint density at radius 3 is 2.43 bits per heavy atom. The van der Waals surface area contributed by atoms with Crippen molar-refractivity contribution >= 4 is 61.7 Å². The lowest BCUT2D eigenvalue weighted by Gasteiger charge is -2.29. The van der Waals surface area contributed by atoms with Crippen LogP contribution < -0.4 is 4.31 Å². The molecule has 0 spiro atoms. The molecule has 0 aliphatic heterocycles. The van der Waals surface area contributed by atoms with Crippen molar-refractivity contribution in [3.63, 3.8) is 0 Å². The smallest absolute Gasteiger partial charge is 0.340 e. The molecule has 2 aromatic carbocycles. The number of esters is 1. The second kappa shape index (κ2) is 8.29. The topological polar surface area (TPSA) is 85.7 Å². The van der Waals surface area contributed by atoms with Crippen molar-refractivity contribution in [2.24, 2.45) is 0 Å². The Morgan fingerprint density at radius 1 is 1.13 bits per heavy atom. The highest BCUT2D eigenvalue weighted by Gasteiger charge is 2.33. The molecule has 0 radical (unpaired) electrons. The first-order valence-electron chi connectivity index (χ1n) is 8.73. The molecule has 10 heteroatoms. The van der Waals surface area contributed by atoms with Gasteiger partial charge in [0.2, 0.25) is 10.0 Å². The number of fused-ring (bicyclic) bond motifs is 1. The number of benzene rings is 2. The molecule has 0 fully saturated rings. The number of methoxy groups -OCH3 is 1. The number of carbonyl (C=O) groups excluding carboxylic acids is 2. The van der Waals surface area contributed by atoms with E-state index in [2.05, 4.69) is 0 Å². The van der Waals surface area contributed by atoms with Gasteiger partial charge < -0.3 is 4.74 Å². The predicted molar refractivity (Wildman–Crippen MR) is 117 cm³/mol. The second-order valence-corrected chi connectivity index (χ2v) is 9.29. The van der Waals surface area contributed by atoms with E-state index < -0.39 is 27.9 Å². The molecule has 0 N–H and O–H groups in total. The zero-order valence-electron chi connectivity index (χ0n) is 16.3. The van der Waals surface area contributed by atoms with Gasteiger partial charge in [-0.1, -0.05) is 41.4 Å². The van der Waals surface area contributed by atoms with Crippen LogP contribution in [0.3, 0.4) is 0 Å². The van der Waals surface area contributed by atoms with Crippen molar-refractivity contribution in [1.29, 1.82) is 0 Å². The van der Waals surface area contributed by atoms with Gasteiger partial charge in [-0.15, -0.1) is 0 Å². The van der Waals surface area contributed by atoms with Crippen LogP contribution in [-0.4, -0.2) is 44.3 Å². The summed E-state index contributed by atoms with van der Waals surface area (Å²) >= 11 is 12.2. The van der Waals surface area contributed by atoms with E-state index in [1.807, 2.05) is 0 Å². The molecule has 3 aromatic rings. The fraction of sp³-hybridized carbons (Fsp3) is 0.200. The van der Waals surface area contributed by atoms with Gasteiger partial charge in [0.05, 0.1) is 35.2 Å². The van der Waals surface area contributed by atoms with Crippen molar-refractivity contribution in [2.45, 2.75) is 13.0 Å². The van der Waals surface area contributed by atoms with Gasteiger partial charge in [-0.25, -0.2) is 13.2 Å².